The van der Waals surface area contributed by atoms with Gasteiger partial charge in [0.05, 0.1) is 12.5 Å². The number of benzene rings is 1. The Balaban J connectivity index is 2.14. The molecular formula is C16H23N3O3. The van der Waals surface area contributed by atoms with Crippen LogP contribution in [0.3, 0.4) is 0 Å². The first kappa shape index (κ1) is 16.5. The molecule has 120 valence electrons. The van der Waals surface area contributed by atoms with Crippen LogP contribution in [0.15, 0.2) is 22.6 Å². The predicted molar refractivity (Wildman–Crippen MR) is 85.8 cm³/mol. The van der Waals surface area contributed by atoms with E-state index < -0.39 is 0 Å². The molecule has 6 nitrogen and oxygen atoms in total. The van der Waals surface area contributed by atoms with Gasteiger partial charge in [0.15, 0.2) is 5.58 Å². The molecule has 0 aliphatic carbocycles. The maximum Gasteiger partial charge on any atom is 0.227 e. The molecule has 0 spiro atoms. The molecule has 0 saturated carbocycles. The van der Waals surface area contributed by atoms with E-state index in [1.807, 2.05) is 26.8 Å². The molecule has 3 N–H and O–H groups in total. The lowest BCUT2D eigenvalue weighted by atomic mass is 9.97. The first-order chi connectivity index (χ1) is 10.3. The number of carbonyl (C=O) groups excluding carboxylic acids is 1. The summed E-state index contributed by atoms with van der Waals surface area (Å²) in [6.07, 6.45) is -0.0554. The zero-order valence-electron chi connectivity index (χ0n) is 13.5. The SMILES string of the molecule is COC(CN)CC(=O)Nc1ccc2oc(C(C)(C)C)nc2c1. The van der Waals surface area contributed by atoms with Crippen molar-refractivity contribution in [1.29, 1.82) is 0 Å². The minimum absolute atomic E-state index is 0.142. The van der Waals surface area contributed by atoms with E-state index in [4.69, 9.17) is 14.9 Å². The third kappa shape index (κ3) is 3.84. The molecular weight excluding hydrogens is 282 g/mol. The molecule has 1 heterocycles. The van der Waals surface area contributed by atoms with Gasteiger partial charge in [-0.3, -0.25) is 4.79 Å². The van der Waals surface area contributed by atoms with Crippen molar-refractivity contribution in [2.45, 2.75) is 38.7 Å². The number of amides is 1. The number of nitrogens with zero attached hydrogens (tertiary/aromatic N) is 1. The highest BCUT2D eigenvalue weighted by atomic mass is 16.5. The number of carbonyl (C=O) groups is 1. The van der Waals surface area contributed by atoms with Crippen molar-refractivity contribution < 1.29 is 13.9 Å². The average Bonchev–Trinajstić information content (AvgIpc) is 2.88. The number of ether oxygens (including phenoxy) is 1. The Morgan fingerprint density at radius 3 is 2.77 bits per heavy atom. The van der Waals surface area contributed by atoms with Crippen LogP contribution in [0.25, 0.3) is 11.1 Å². The molecule has 1 aromatic heterocycles. The highest BCUT2D eigenvalue weighted by Gasteiger charge is 2.21. The molecule has 22 heavy (non-hydrogen) atoms. The van der Waals surface area contributed by atoms with Gasteiger partial charge in [0.1, 0.15) is 5.52 Å². The van der Waals surface area contributed by atoms with Gasteiger partial charge in [0.25, 0.3) is 0 Å². The fourth-order valence-electron chi connectivity index (χ4n) is 2.01. The maximum atomic E-state index is 12.0. The number of aromatic nitrogens is 1. The Kier molecular flexibility index (Phi) is 4.83. The second-order valence-electron chi connectivity index (χ2n) is 6.30. The van der Waals surface area contributed by atoms with Crippen molar-refractivity contribution in [2.24, 2.45) is 5.73 Å². The molecule has 0 radical (unpaired) electrons. The molecule has 0 fully saturated rings. The standard InChI is InChI=1S/C16H23N3O3/c1-16(2,3)15-19-12-7-10(5-6-13(12)22-15)18-14(20)8-11(9-17)21-4/h5-7,11H,8-9,17H2,1-4H3,(H,18,20). The van der Waals surface area contributed by atoms with Gasteiger partial charge >= 0.3 is 0 Å². The number of fused-ring (bicyclic) bond motifs is 1. The number of hydrogen-bond acceptors (Lipinski definition) is 5. The van der Waals surface area contributed by atoms with Crippen LogP contribution in [-0.2, 0) is 14.9 Å². The highest BCUT2D eigenvalue weighted by molar-refractivity contribution is 5.93. The molecule has 1 aromatic carbocycles. The van der Waals surface area contributed by atoms with Gasteiger partial charge in [0, 0.05) is 24.8 Å². The number of methoxy groups -OCH3 is 1. The van der Waals surface area contributed by atoms with Crippen molar-refractivity contribution >= 4 is 22.7 Å². The van der Waals surface area contributed by atoms with Crippen molar-refractivity contribution in [3.8, 4) is 0 Å². The second-order valence-corrected chi connectivity index (χ2v) is 6.30. The zero-order valence-corrected chi connectivity index (χ0v) is 13.5. The minimum atomic E-state index is -0.275. The molecule has 0 bridgehead atoms. The Hall–Kier alpha value is -1.92. The summed E-state index contributed by atoms with van der Waals surface area (Å²) in [5.41, 5.74) is 7.47. The topological polar surface area (TPSA) is 90.4 Å². The quantitative estimate of drug-likeness (QED) is 0.885. The fourth-order valence-corrected chi connectivity index (χ4v) is 2.01. The molecule has 0 aliphatic rings. The highest BCUT2D eigenvalue weighted by Crippen LogP contribution is 2.27. The number of rotatable bonds is 5. The van der Waals surface area contributed by atoms with E-state index in [1.165, 1.54) is 0 Å². The molecule has 1 unspecified atom stereocenters. The third-order valence-corrected chi connectivity index (χ3v) is 3.32. The first-order valence-electron chi connectivity index (χ1n) is 7.27. The molecule has 0 aliphatic heterocycles. The number of nitrogens with one attached hydrogen (secondary N) is 1. The van der Waals surface area contributed by atoms with E-state index in [2.05, 4.69) is 10.3 Å². The summed E-state index contributed by atoms with van der Waals surface area (Å²) < 4.78 is 10.8. The van der Waals surface area contributed by atoms with Crippen LogP contribution in [-0.4, -0.2) is 30.6 Å². The Morgan fingerprint density at radius 1 is 1.45 bits per heavy atom. The lowest BCUT2D eigenvalue weighted by molar-refractivity contribution is -0.118. The van der Waals surface area contributed by atoms with E-state index in [-0.39, 0.29) is 23.8 Å². The lowest BCUT2D eigenvalue weighted by Gasteiger charge is -2.12. The predicted octanol–water partition coefficient (Wildman–Crippen LogP) is 2.43. The Morgan fingerprint density at radius 2 is 2.18 bits per heavy atom. The van der Waals surface area contributed by atoms with E-state index in [9.17, 15) is 4.79 Å². The van der Waals surface area contributed by atoms with Gasteiger partial charge < -0.3 is 20.2 Å². The van der Waals surface area contributed by atoms with Gasteiger partial charge in [-0.05, 0) is 18.2 Å². The van der Waals surface area contributed by atoms with Gasteiger partial charge in [-0.2, -0.15) is 0 Å². The molecule has 0 saturated heterocycles. The summed E-state index contributed by atoms with van der Waals surface area (Å²) >= 11 is 0. The molecule has 2 aromatic rings. The summed E-state index contributed by atoms with van der Waals surface area (Å²) in [5.74, 6) is 0.532. The van der Waals surface area contributed by atoms with E-state index in [1.54, 1.807) is 19.2 Å². The summed E-state index contributed by atoms with van der Waals surface area (Å²) in [6, 6.07) is 5.41. The summed E-state index contributed by atoms with van der Waals surface area (Å²) in [5, 5.41) is 2.83. The third-order valence-electron chi connectivity index (χ3n) is 3.32. The molecule has 6 heteroatoms. The maximum absolute atomic E-state index is 12.0. The summed E-state index contributed by atoms with van der Waals surface area (Å²) in [6.45, 7) is 6.43. The van der Waals surface area contributed by atoms with Crippen LogP contribution in [0.4, 0.5) is 5.69 Å². The smallest absolute Gasteiger partial charge is 0.227 e. The van der Waals surface area contributed by atoms with Crippen molar-refractivity contribution in [3.05, 3.63) is 24.1 Å². The largest absolute Gasteiger partial charge is 0.440 e. The fraction of sp³-hybridized carbons (Fsp3) is 0.500. The number of hydrogen-bond donors (Lipinski definition) is 2. The van der Waals surface area contributed by atoms with Gasteiger partial charge in [-0.15, -0.1) is 0 Å². The van der Waals surface area contributed by atoms with Crippen LogP contribution >= 0.6 is 0 Å². The average molecular weight is 305 g/mol. The second kappa shape index (κ2) is 6.46. The monoisotopic (exact) mass is 305 g/mol. The van der Waals surface area contributed by atoms with Crippen LogP contribution in [0.1, 0.15) is 33.1 Å². The van der Waals surface area contributed by atoms with E-state index >= 15 is 0 Å². The summed E-state index contributed by atoms with van der Waals surface area (Å²) in [7, 11) is 1.54. The summed E-state index contributed by atoms with van der Waals surface area (Å²) in [4.78, 5) is 16.4. The van der Waals surface area contributed by atoms with Gasteiger partial charge in [-0.1, -0.05) is 20.8 Å². The number of nitrogens with two attached hydrogens (primary N) is 1. The Bertz CT molecular complexity index is 654. The normalized spacial score (nSPS) is 13.3. The van der Waals surface area contributed by atoms with Crippen LogP contribution in [0, 0.1) is 0 Å². The Labute approximate surface area is 130 Å². The van der Waals surface area contributed by atoms with Crippen LogP contribution < -0.4 is 11.1 Å². The number of anilines is 1. The lowest BCUT2D eigenvalue weighted by Crippen LogP contribution is -2.28. The van der Waals surface area contributed by atoms with E-state index in [0.29, 0.717) is 23.7 Å². The number of oxazole rings is 1. The molecule has 1 atom stereocenters. The van der Waals surface area contributed by atoms with Crippen LogP contribution in [0.5, 0.6) is 0 Å². The van der Waals surface area contributed by atoms with E-state index in [0.717, 1.165) is 5.52 Å². The first-order valence-corrected chi connectivity index (χ1v) is 7.27. The zero-order chi connectivity index (χ0) is 16.3. The van der Waals surface area contributed by atoms with Crippen molar-refractivity contribution in [2.75, 3.05) is 19.0 Å². The van der Waals surface area contributed by atoms with Gasteiger partial charge in [-0.25, -0.2) is 4.98 Å². The molecule has 2 rings (SSSR count). The van der Waals surface area contributed by atoms with Crippen molar-refractivity contribution in [1.82, 2.24) is 4.98 Å². The molecule has 1 amide bonds. The van der Waals surface area contributed by atoms with Crippen molar-refractivity contribution in [3.63, 3.8) is 0 Å². The van der Waals surface area contributed by atoms with Gasteiger partial charge in [0.2, 0.25) is 11.8 Å². The van der Waals surface area contributed by atoms with Crippen LogP contribution in [0.2, 0.25) is 0 Å². The minimum Gasteiger partial charge on any atom is -0.440 e.